The molecule has 1 fully saturated rings. The summed E-state index contributed by atoms with van der Waals surface area (Å²) in [5.41, 5.74) is 1.57. The van der Waals surface area contributed by atoms with E-state index in [1.165, 1.54) is 11.8 Å². The standard InChI is InChI=1S/C14H18N2O3S2/c1-9-6-10(13(17)18)2-3-12(9)16-14(19)15-7-11-8-20-4-5-21-11/h2-3,6,11H,4-5,7-8H2,1H3,(H,17,18)(H2,15,16,19). The molecular weight excluding hydrogens is 308 g/mol. The first-order valence-corrected chi connectivity index (χ1v) is 8.85. The van der Waals surface area contributed by atoms with Gasteiger partial charge in [-0.05, 0) is 30.7 Å². The van der Waals surface area contributed by atoms with Gasteiger partial charge in [0.25, 0.3) is 0 Å². The van der Waals surface area contributed by atoms with E-state index in [0.29, 0.717) is 17.5 Å². The number of aryl methyl sites for hydroxylation is 1. The summed E-state index contributed by atoms with van der Waals surface area (Å²) in [7, 11) is 0. The molecule has 2 amide bonds. The molecule has 1 aliphatic rings. The molecule has 1 saturated heterocycles. The first-order valence-electron chi connectivity index (χ1n) is 6.64. The van der Waals surface area contributed by atoms with Crippen LogP contribution < -0.4 is 10.6 Å². The number of carbonyl (C=O) groups excluding carboxylic acids is 1. The highest BCUT2D eigenvalue weighted by Gasteiger charge is 2.15. The number of urea groups is 1. The van der Waals surface area contributed by atoms with Gasteiger partial charge >= 0.3 is 12.0 Å². The number of benzene rings is 1. The molecule has 1 aliphatic heterocycles. The second-order valence-electron chi connectivity index (χ2n) is 4.74. The molecule has 1 unspecified atom stereocenters. The molecule has 0 aliphatic carbocycles. The van der Waals surface area contributed by atoms with E-state index in [4.69, 9.17) is 5.11 Å². The lowest BCUT2D eigenvalue weighted by molar-refractivity contribution is 0.0697. The lowest BCUT2D eigenvalue weighted by Gasteiger charge is -2.21. The lowest BCUT2D eigenvalue weighted by Crippen LogP contribution is -2.36. The number of carboxylic acid groups (broad SMARTS) is 1. The average molecular weight is 326 g/mol. The summed E-state index contributed by atoms with van der Waals surface area (Å²) in [6, 6.07) is 4.39. The van der Waals surface area contributed by atoms with Gasteiger partial charge in [0, 0.05) is 34.7 Å². The van der Waals surface area contributed by atoms with Crippen molar-refractivity contribution in [3.63, 3.8) is 0 Å². The number of aromatic carboxylic acids is 1. The van der Waals surface area contributed by atoms with Crippen LogP contribution in [-0.2, 0) is 0 Å². The molecule has 21 heavy (non-hydrogen) atoms. The van der Waals surface area contributed by atoms with Crippen molar-refractivity contribution >= 4 is 41.2 Å². The minimum atomic E-state index is -0.971. The zero-order valence-corrected chi connectivity index (χ0v) is 13.4. The number of amides is 2. The van der Waals surface area contributed by atoms with E-state index in [2.05, 4.69) is 10.6 Å². The average Bonchev–Trinajstić information content (AvgIpc) is 2.48. The molecule has 1 atom stereocenters. The third-order valence-corrected chi connectivity index (χ3v) is 5.94. The quantitative estimate of drug-likeness (QED) is 0.793. The topological polar surface area (TPSA) is 78.4 Å². The molecule has 0 spiro atoms. The van der Waals surface area contributed by atoms with Crippen LogP contribution in [-0.4, -0.2) is 46.2 Å². The molecule has 7 heteroatoms. The summed E-state index contributed by atoms with van der Waals surface area (Å²) in [5, 5.41) is 15.0. The summed E-state index contributed by atoms with van der Waals surface area (Å²) in [5.74, 6) is 2.41. The molecule has 3 N–H and O–H groups in total. The van der Waals surface area contributed by atoms with Gasteiger partial charge < -0.3 is 15.7 Å². The molecule has 5 nitrogen and oxygen atoms in total. The molecule has 1 aromatic carbocycles. The smallest absolute Gasteiger partial charge is 0.335 e. The zero-order valence-electron chi connectivity index (χ0n) is 11.7. The van der Waals surface area contributed by atoms with Crippen molar-refractivity contribution in [3.05, 3.63) is 29.3 Å². The van der Waals surface area contributed by atoms with E-state index < -0.39 is 5.97 Å². The van der Waals surface area contributed by atoms with Gasteiger partial charge in [-0.25, -0.2) is 9.59 Å². The maximum atomic E-state index is 11.9. The Morgan fingerprint density at radius 3 is 2.81 bits per heavy atom. The largest absolute Gasteiger partial charge is 0.478 e. The van der Waals surface area contributed by atoms with Crippen molar-refractivity contribution in [2.75, 3.05) is 29.1 Å². The fraction of sp³-hybridized carbons (Fsp3) is 0.429. The predicted octanol–water partition coefficient (Wildman–Crippen LogP) is 2.66. The Hall–Kier alpha value is -1.34. The van der Waals surface area contributed by atoms with E-state index >= 15 is 0 Å². The number of rotatable bonds is 4. The summed E-state index contributed by atoms with van der Waals surface area (Å²) in [6.07, 6.45) is 0. The summed E-state index contributed by atoms with van der Waals surface area (Å²) in [6.45, 7) is 2.42. The fourth-order valence-corrected chi connectivity index (χ4v) is 4.58. The number of nitrogens with one attached hydrogen (secondary N) is 2. The molecule has 114 valence electrons. The van der Waals surface area contributed by atoms with Crippen LogP contribution in [0.3, 0.4) is 0 Å². The van der Waals surface area contributed by atoms with Gasteiger partial charge in [-0.1, -0.05) is 0 Å². The molecule has 0 aromatic heterocycles. The second kappa shape index (κ2) is 7.61. The maximum Gasteiger partial charge on any atom is 0.335 e. The minimum Gasteiger partial charge on any atom is -0.478 e. The number of carboxylic acids is 1. The van der Waals surface area contributed by atoms with Gasteiger partial charge in [0.2, 0.25) is 0 Å². The number of hydrogen-bond acceptors (Lipinski definition) is 4. The van der Waals surface area contributed by atoms with Gasteiger partial charge in [-0.2, -0.15) is 23.5 Å². The van der Waals surface area contributed by atoms with Crippen LogP contribution in [0.5, 0.6) is 0 Å². The Morgan fingerprint density at radius 1 is 1.38 bits per heavy atom. The maximum absolute atomic E-state index is 11.9. The highest BCUT2D eigenvalue weighted by molar-refractivity contribution is 8.06. The third kappa shape index (κ3) is 4.86. The zero-order chi connectivity index (χ0) is 15.2. The van der Waals surface area contributed by atoms with Gasteiger partial charge in [0.1, 0.15) is 0 Å². The minimum absolute atomic E-state index is 0.217. The summed E-state index contributed by atoms with van der Waals surface area (Å²) < 4.78 is 0. The first kappa shape index (κ1) is 16.0. The Kier molecular flexibility index (Phi) is 5.81. The normalized spacial score (nSPS) is 18.0. The third-order valence-electron chi connectivity index (χ3n) is 3.10. The molecule has 2 rings (SSSR count). The van der Waals surface area contributed by atoms with E-state index in [1.807, 2.05) is 23.5 Å². The predicted molar refractivity (Wildman–Crippen MR) is 88.7 cm³/mol. The van der Waals surface area contributed by atoms with Gasteiger partial charge in [0.15, 0.2) is 0 Å². The molecule has 0 radical (unpaired) electrons. The van der Waals surface area contributed by atoms with Crippen molar-refractivity contribution in [3.8, 4) is 0 Å². The highest BCUT2D eigenvalue weighted by atomic mass is 32.2. The van der Waals surface area contributed by atoms with Crippen molar-refractivity contribution in [1.82, 2.24) is 5.32 Å². The Balaban J connectivity index is 1.85. The van der Waals surface area contributed by atoms with Crippen LogP contribution in [0.1, 0.15) is 15.9 Å². The first-order chi connectivity index (χ1) is 10.1. The number of carbonyl (C=O) groups is 2. The monoisotopic (exact) mass is 326 g/mol. The van der Waals surface area contributed by atoms with E-state index in [9.17, 15) is 9.59 Å². The Bertz CT molecular complexity index is 531. The SMILES string of the molecule is Cc1cc(C(=O)O)ccc1NC(=O)NCC1CSCCS1. The van der Waals surface area contributed by atoms with Crippen molar-refractivity contribution < 1.29 is 14.7 Å². The number of hydrogen-bond donors (Lipinski definition) is 3. The molecule has 0 bridgehead atoms. The van der Waals surface area contributed by atoms with Crippen LogP contribution in [0.25, 0.3) is 0 Å². The van der Waals surface area contributed by atoms with Crippen LogP contribution in [0.15, 0.2) is 18.2 Å². The van der Waals surface area contributed by atoms with Gasteiger partial charge in [0.05, 0.1) is 5.56 Å². The van der Waals surface area contributed by atoms with E-state index in [0.717, 1.165) is 17.1 Å². The van der Waals surface area contributed by atoms with Gasteiger partial charge in [-0.3, -0.25) is 0 Å². The molecular formula is C14H18N2O3S2. The van der Waals surface area contributed by atoms with Crippen LogP contribution in [0.4, 0.5) is 10.5 Å². The summed E-state index contributed by atoms with van der Waals surface area (Å²) in [4.78, 5) is 22.7. The summed E-state index contributed by atoms with van der Waals surface area (Å²) >= 11 is 3.81. The van der Waals surface area contributed by atoms with E-state index in [-0.39, 0.29) is 11.6 Å². The van der Waals surface area contributed by atoms with Crippen LogP contribution in [0.2, 0.25) is 0 Å². The van der Waals surface area contributed by atoms with Crippen molar-refractivity contribution in [2.45, 2.75) is 12.2 Å². The van der Waals surface area contributed by atoms with Crippen LogP contribution in [0, 0.1) is 6.92 Å². The lowest BCUT2D eigenvalue weighted by atomic mass is 10.1. The highest BCUT2D eigenvalue weighted by Crippen LogP contribution is 2.23. The number of thioether (sulfide) groups is 2. The van der Waals surface area contributed by atoms with Gasteiger partial charge in [-0.15, -0.1) is 0 Å². The molecule has 0 saturated carbocycles. The van der Waals surface area contributed by atoms with Crippen molar-refractivity contribution in [2.24, 2.45) is 0 Å². The van der Waals surface area contributed by atoms with Crippen LogP contribution >= 0.6 is 23.5 Å². The molecule has 1 aromatic rings. The Morgan fingerprint density at radius 2 is 2.19 bits per heavy atom. The Labute approximate surface area is 132 Å². The second-order valence-corrected chi connectivity index (χ2v) is 7.30. The molecule has 1 heterocycles. The number of anilines is 1. The van der Waals surface area contributed by atoms with Crippen molar-refractivity contribution in [1.29, 1.82) is 0 Å². The van der Waals surface area contributed by atoms with E-state index in [1.54, 1.807) is 19.1 Å². The fourth-order valence-electron chi connectivity index (χ4n) is 1.96.